The molecule has 4 nitrogen and oxygen atoms in total. The maximum atomic E-state index is 6.10. The standard InChI is InChI=1S/C12H13Cl2N3O/c1-17-6-8(5-16-17)7-18-12-9(4-15)2-10(13)3-11(12)14/h2-3,5-6H,4,7,15H2,1H3. The van der Waals surface area contributed by atoms with Gasteiger partial charge < -0.3 is 10.5 Å². The number of aryl methyl sites for hydroxylation is 1. The van der Waals surface area contributed by atoms with Crippen LogP contribution < -0.4 is 10.5 Å². The molecule has 2 N–H and O–H groups in total. The van der Waals surface area contributed by atoms with Gasteiger partial charge in [-0.25, -0.2) is 0 Å². The molecular formula is C12H13Cl2N3O. The van der Waals surface area contributed by atoms with E-state index in [1.165, 1.54) is 0 Å². The van der Waals surface area contributed by atoms with Crippen LogP contribution in [0.1, 0.15) is 11.1 Å². The van der Waals surface area contributed by atoms with Crippen molar-refractivity contribution in [2.45, 2.75) is 13.2 Å². The van der Waals surface area contributed by atoms with E-state index >= 15 is 0 Å². The Morgan fingerprint density at radius 1 is 1.39 bits per heavy atom. The van der Waals surface area contributed by atoms with E-state index in [9.17, 15) is 0 Å². The SMILES string of the molecule is Cn1cc(COc2c(Cl)cc(Cl)cc2CN)cn1. The van der Waals surface area contributed by atoms with Crippen molar-refractivity contribution in [2.24, 2.45) is 12.8 Å². The molecule has 0 aliphatic rings. The lowest BCUT2D eigenvalue weighted by Gasteiger charge is -2.12. The van der Waals surface area contributed by atoms with E-state index in [1.54, 1.807) is 23.0 Å². The molecule has 0 atom stereocenters. The number of benzene rings is 1. The van der Waals surface area contributed by atoms with Crippen LogP contribution in [0.2, 0.25) is 10.0 Å². The van der Waals surface area contributed by atoms with Crippen molar-refractivity contribution < 1.29 is 4.74 Å². The number of hydrogen-bond acceptors (Lipinski definition) is 3. The molecule has 0 saturated heterocycles. The summed E-state index contributed by atoms with van der Waals surface area (Å²) in [6, 6.07) is 3.40. The molecule has 2 rings (SSSR count). The second-order valence-electron chi connectivity index (χ2n) is 3.89. The van der Waals surface area contributed by atoms with Crippen molar-refractivity contribution in [1.29, 1.82) is 0 Å². The van der Waals surface area contributed by atoms with Gasteiger partial charge in [-0.2, -0.15) is 5.10 Å². The van der Waals surface area contributed by atoms with Crippen LogP contribution >= 0.6 is 23.2 Å². The topological polar surface area (TPSA) is 53.1 Å². The van der Waals surface area contributed by atoms with Crippen molar-refractivity contribution in [3.63, 3.8) is 0 Å². The Morgan fingerprint density at radius 3 is 2.78 bits per heavy atom. The molecule has 0 amide bonds. The molecular weight excluding hydrogens is 273 g/mol. The third kappa shape index (κ3) is 2.96. The summed E-state index contributed by atoms with van der Waals surface area (Å²) in [5.41, 5.74) is 7.40. The van der Waals surface area contributed by atoms with Crippen LogP contribution in [0.4, 0.5) is 0 Å². The van der Waals surface area contributed by atoms with E-state index < -0.39 is 0 Å². The number of rotatable bonds is 4. The van der Waals surface area contributed by atoms with E-state index in [2.05, 4.69) is 5.10 Å². The molecule has 6 heteroatoms. The van der Waals surface area contributed by atoms with Crippen LogP contribution in [0.15, 0.2) is 24.5 Å². The van der Waals surface area contributed by atoms with E-state index in [0.717, 1.165) is 11.1 Å². The first-order valence-electron chi connectivity index (χ1n) is 5.38. The van der Waals surface area contributed by atoms with Gasteiger partial charge in [0.25, 0.3) is 0 Å². The van der Waals surface area contributed by atoms with E-state index in [0.29, 0.717) is 28.9 Å². The summed E-state index contributed by atoms with van der Waals surface area (Å²) in [6.07, 6.45) is 3.62. The van der Waals surface area contributed by atoms with Gasteiger partial charge in [0.2, 0.25) is 0 Å². The highest BCUT2D eigenvalue weighted by atomic mass is 35.5. The first kappa shape index (κ1) is 13.2. The van der Waals surface area contributed by atoms with Gasteiger partial charge in [-0.3, -0.25) is 4.68 Å². The number of hydrogen-bond donors (Lipinski definition) is 1. The van der Waals surface area contributed by atoms with Gasteiger partial charge in [0.15, 0.2) is 0 Å². The van der Waals surface area contributed by atoms with E-state index in [1.807, 2.05) is 13.2 Å². The quantitative estimate of drug-likeness (QED) is 0.940. The minimum atomic E-state index is 0.322. The monoisotopic (exact) mass is 285 g/mol. The van der Waals surface area contributed by atoms with Crippen molar-refractivity contribution in [2.75, 3.05) is 0 Å². The van der Waals surface area contributed by atoms with Gasteiger partial charge in [-0.05, 0) is 12.1 Å². The van der Waals surface area contributed by atoms with Gasteiger partial charge >= 0.3 is 0 Å². The summed E-state index contributed by atoms with van der Waals surface area (Å²) in [5, 5.41) is 5.08. The zero-order valence-electron chi connectivity index (χ0n) is 9.86. The fourth-order valence-electron chi connectivity index (χ4n) is 1.63. The fourth-order valence-corrected chi connectivity index (χ4v) is 2.22. The fraction of sp³-hybridized carbons (Fsp3) is 0.250. The van der Waals surface area contributed by atoms with Crippen LogP contribution in [0.5, 0.6) is 5.75 Å². The predicted octanol–water partition coefficient (Wildman–Crippen LogP) is 2.76. The van der Waals surface area contributed by atoms with Crippen LogP contribution in [0.3, 0.4) is 0 Å². The highest BCUT2D eigenvalue weighted by Crippen LogP contribution is 2.32. The predicted molar refractivity (Wildman–Crippen MR) is 71.9 cm³/mol. The summed E-state index contributed by atoms with van der Waals surface area (Å²) < 4.78 is 7.40. The zero-order valence-corrected chi connectivity index (χ0v) is 11.4. The molecule has 2 aromatic rings. The molecule has 0 bridgehead atoms. The first-order chi connectivity index (χ1) is 8.60. The minimum absolute atomic E-state index is 0.322. The Balaban J connectivity index is 2.18. The van der Waals surface area contributed by atoms with Crippen molar-refractivity contribution in [3.8, 4) is 5.75 Å². The van der Waals surface area contributed by atoms with Crippen LogP contribution in [-0.4, -0.2) is 9.78 Å². The zero-order chi connectivity index (χ0) is 13.1. The average Bonchev–Trinajstić information content (AvgIpc) is 2.73. The largest absolute Gasteiger partial charge is 0.487 e. The third-order valence-electron chi connectivity index (χ3n) is 2.45. The third-order valence-corrected chi connectivity index (χ3v) is 2.95. The summed E-state index contributed by atoms with van der Waals surface area (Å²) in [4.78, 5) is 0. The van der Waals surface area contributed by atoms with Gasteiger partial charge in [-0.15, -0.1) is 0 Å². The number of nitrogens with zero attached hydrogens (tertiary/aromatic N) is 2. The lowest BCUT2D eigenvalue weighted by atomic mass is 10.2. The first-order valence-corrected chi connectivity index (χ1v) is 6.14. The summed E-state index contributed by atoms with van der Waals surface area (Å²) in [5.74, 6) is 0.576. The Bertz CT molecular complexity index is 554. The van der Waals surface area contributed by atoms with Gasteiger partial charge in [0.1, 0.15) is 12.4 Å². The Hall–Kier alpha value is -1.23. The summed E-state index contributed by atoms with van der Waals surface area (Å²) >= 11 is 12.0. The maximum absolute atomic E-state index is 6.10. The molecule has 0 unspecified atom stereocenters. The lowest BCUT2D eigenvalue weighted by Crippen LogP contribution is -2.03. The van der Waals surface area contributed by atoms with Crippen LogP contribution in [0, 0.1) is 0 Å². The Labute approximate surface area is 115 Å². The molecule has 96 valence electrons. The average molecular weight is 286 g/mol. The number of aromatic nitrogens is 2. The van der Waals surface area contributed by atoms with E-state index in [4.69, 9.17) is 33.7 Å². The number of halogens is 2. The normalized spacial score (nSPS) is 10.7. The Morgan fingerprint density at radius 2 is 2.17 bits per heavy atom. The van der Waals surface area contributed by atoms with Crippen molar-refractivity contribution in [1.82, 2.24) is 9.78 Å². The smallest absolute Gasteiger partial charge is 0.142 e. The van der Waals surface area contributed by atoms with Gasteiger partial charge in [0, 0.05) is 35.9 Å². The molecule has 0 aliphatic heterocycles. The molecule has 1 heterocycles. The second-order valence-corrected chi connectivity index (χ2v) is 4.73. The molecule has 0 aliphatic carbocycles. The summed E-state index contributed by atoms with van der Waals surface area (Å²) in [6.45, 7) is 0.713. The van der Waals surface area contributed by atoms with Crippen LogP contribution in [0.25, 0.3) is 0 Å². The second kappa shape index (κ2) is 5.61. The van der Waals surface area contributed by atoms with Crippen molar-refractivity contribution >= 4 is 23.2 Å². The van der Waals surface area contributed by atoms with Gasteiger partial charge in [-0.1, -0.05) is 23.2 Å². The number of nitrogens with two attached hydrogens (primary N) is 1. The molecule has 0 saturated carbocycles. The number of ether oxygens (including phenoxy) is 1. The molecule has 0 radical (unpaired) electrons. The Kier molecular flexibility index (Phi) is 4.11. The van der Waals surface area contributed by atoms with Crippen LogP contribution in [-0.2, 0) is 20.2 Å². The van der Waals surface area contributed by atoms with E-state index in [-0.39, 0.29) is 0 Å². The summed E-state index contributed by atoms with van der Waals surface area (Å²) in [7, 11) is 1.85. The maximum Gasteiger partial charge on any atom is 0.142 e. The molecule has 1 aromatic heterocycles. The molecule has 18 heavy (non-hydrogen) atoms. The molecule has 1 aromatic carbocycles. The lowest BCUT2D eigenvalue weighted by molar-refractivity contribution is 0.303. The van der Waals surface area contributed by atoms with Gasteiger partial charge in [0.05, 0.1) is 11.2 Å². The molecule has 0 fully saturated rings. The van der Waals surface area contributed by atoms with Crippen molar-refractivity contribution in [3.05, 3.63) is 45.7 Å². The highest BCUT2D eigenvalue weighted by Gasteiger charge is 2.10. The highest BCUT2D eigenvalue weighted by molar-refractivity contribution is 6.35. The minimum Gasteiger partial charge on any atom is -0.487 e. The molecule has 0 spiro atoms.